The molecule has 0 aliphatic heterocycles. The highest BCUT2D eigenvalue weighted by Crippen LogP contribution is 2.12. The number of rotatable bonds is 8. The van der Waals surface area contributed by atoms with Gasteiger partial charge in [0.1, 0.15) is 0 Å². The zero-order valence-corrected chi connectivity index (χ0v) is 19.9. The Balaban J connectivity index is 0.00000450. The summed E-state index contributed by atoms with van der Waals surface area (Å²) < 4.78 is 22.7. The quantitative estimate of drug-likeness (QED) is 0.153. The van der Waals surface area contributed by atoms with E-state index in [4.69, 9.17) is 5.14 Å². The molecule has 11 heteroatoms. The first kappa shape index (κ1) is 25.8. The summed E-state index contributed by atoms with van der Waals surface area (Å²) in [7, 11) is -3.72. The van der Waals surface area contributed by atoms with Gasteiger partial charge in [0.25, 0.3) is 5.69 Å². The van der Waals surface area contributed by atoms with Crippen LogP contribution in [0.5, 0.6) is 0 Å². The summed E-state index contributed by atoms with van der Waals surface area (Å²) in [5.74, 6) is 0.591. The zero-order chi connectivity index (χ0) is 21.4. The fraction of sp³-hybridized carbons (Fsp3) is 0.316. The Hall–Kier alpha value is -2.25. The molecule has 164 valence electrons. The van der Waals surface area contributed by atoms with E-state index in [1.54, 1.807) is 24.3 Å². The van der Waals surface area contributed by atoms with Crippen LogP contribution in [0.4, 0.5) is 5.69 Å². The first-order valence-electron chi connectivity index (χ1n) is 9.09. The number of nitrogens with one attached hydrogen (secondary N) is 2. The highest BCUT2D eigenvalue weighted by molar-refractivity contribution is 14.0. The van der Waals surface area contributed by atoms with Crippen molar-refractivity contribution in [1.29, 1.82) is 0 Å². The highest BCUT2D eigenvalue weighted by Gasteiger charge is 2.08. The molecule has 9 nitrogen and oxygen atoms in total. The van der Waals surface area contributed by atoms with Gasteiger partial charge in [0, 0.05) is 24.7 Å². The van der Waals surface area contributed by atoms with Crippen molar-refractivity contribution in [2.24, 2.45) is 10.1 Å². The summed E-state index contributed by atoms with van der Waals surface area (Å²) in [6.45, 7) is 4.88. The van der Waals surface area contributed by atoms with E-state index < -0.39 is 14.9 Å². The van der Waals surface area contributed by atoms with Gasteiger partial charge in [-0.3, -0.25) is 10.1 Å². The molecule has 2 aromatic rings. The van der Waals surface area contributed by atoms with Crippen LogP contribution in [0.15, 0.2) is 58.4 Å². The standard InChI is InChI=1S/C19H25N5O4S.HI/c1-3-14(2)23-19(21-12-15-4-8-17(9-5-15)24(25)26)22-13-16-6-10-18(11-7-16)29(20,27)28;/h4-11,14H,3,12-13H2,1-2H3,(H2,20,27,28)(H2,21,22,23);1H. The van der Waals surface area contributed by atoms with E-state index in [-0.39, 0.29) is 40.6 Å². The molecule has 0 radical (unpaired) electrons. The van der Waals surface area contributed by atoms with Crippen LogP contribution in [0.1, 0.15) is 31.4 Å². The van der Waals surface area contributed by atoms with Gasteiger partial charge in [0.05, 0.1) is 16.4 Å². The van der Waals surface area contributed by atoms with Gasteiger partial charge in [-0.05, 0) is 36.6 Å². The maximum absolute atomic E-state index is 11.3. The van der Waals surface area contributed by atoms with Gasteiger partial charge in [0.15, 0.2) is 5.96 Å². The van der Waals surface area contributed by atoms with Gasteiger partial charge in [-0.2, -0.15) is 0 Å². The normalized spacial score (nSPS) is 12.6. The minimum Gasteiger partial charge on any atom is -0.354 e. The van der Waals surface area contributed by atoms with Crippen molar-refractivity contribution in [1.82, 2.24) is 10.6 Å². The largest absolute Gasteiger partial charge is 0.354 e. The van der Waals surface area contributed by atoms with E-state index in [9.17, 15) is 18.5 Å². The van der Waals surface area contributed by atoms with Crippen molar-refractivity contribution in [3.63, 3.8) is 0 Å². The third-order valence-corrected chi connectivity index (χ3v) is 5.20. The fourth-order valence-corrected chi connectivity index (χ4v) is 2.88. The number of non-ortho nitro benzene ring substituents is 1. The topological polar surface area (TPSA) is 140 Å². The number of benzene rings is 2. The van der Waals surface area contributed by atoms with Crippen LogP contribution in [-0.2, 0) is 23.1 Å². The zero-order valence-electron chi connectivity index (χ0n) is 16.7. The molecule has 0 bridgehead atoms. The van der Waals surface area contributed by atoms with E-state index in [1.165, 1.54) is 24.3 Å². The first-order chi connectivity index (χ1) is 13.7. The number of nitrogens with two attached hydrogens (primary N) is 1. The second kappa shape index (κ2) is 11.8. The number of hydrogen-bond donors (Lipinski definition) is 3. The van der Waals surface area contributed by atoms with Crippen LogP contribution >= 0.6 is 24.0 Å². The Labute approximate surface area is 193 Å². The average Bonchev–Trinajstić information content (AvgIpc) is 2.69. The Bertz CT molecular complexity index is 963. The molecule has 2 rings (SSSR count). The maximum atomic E-state index is 11.3. The smallest absolute Gasteiger partial charge is 0.269 e. The van der Waals surface area contributed by atoms with Crippen molar-refractivity contribution in [2.45, 2.75) is 44.3 Å². The van der Waals surface area contributed by atoms with Crippen molar-refractivity contribution < 1.29 is 13.3 Å². The molecule has 0 fully saturated rings. The summed E-state index contributed by atoms with van der Waals surface area (Å²) in [6, 6.07) is 12.7. The van der Waals surface area contributed by atoms with Gasteiger partial charge < -0.3 is 10.6 Å². The van der Waals surface area contributed by atoms with Gasteiger partial charge in [-0.1, -0.05) is 31.2 Å². The lowest BCUT2D eigenvalue weighted by Crippen LogP contribution is -2.41. The van der Waals surface area contributed by atoms with E-state index in [0.717, 1.165) is 17.5 Å². The molecule has 0 heterocycles. The number of aliphatic imine (C=N–C) groups is 1. The molecule has 0 aromatic heterocycles. The van der Waals surface area contributed by atoms with Crippen LogP contribution in [-0.4, -0.2) is 25.3 Å². The molecular formula is C19H26IN5O4S. The lowest BCUT2D eigenvalue weighted by Gasteiger charge is -2.17. The van der Waals surface area contributed by atoms with Crippen molar-refractivity contribution in [2.75, 3.05) is 0 Å². The third-order valence-electron chi connectivity index (χ3n) is 4.27. The van der Waals surface area contributed by atoms with Crippen molar-refractivity contribution in [3.05, 3.63) is 69.8 Å². The molecule has 0 saturated carbocycles. The van der Waals surface area contributed by atoms with Crippen molar-refractivity contribution in [3.8, 4) is 0 Å². The molecule has 0 saturated heterocycles. The Morgan fingerprint density at radius 2 is 1.70 bits per heavy atom. The van der Waals surface area contributed by atoms with Crippen LogP contribution in [0.3, 0.4) is 0 Å². The number of hydrogen-bond acceptors (Lipinski definition) is 5. The number of sulfonamides is 1. The van der Waals surface area contributed by atoms with Crippen LogP contribution in [0.25, 0.3) is 0 Å². The van der Waals surface area contributed by atoms with E-state index in [1.807, 2.05) is 6.92 Å². The molecule has 30 heavy (non-hydrogen) atoms. The summed E-state index contributed by atoms with van der Waals surface area (Å²) >= 11 is 0. The van der Waals surface area contributed by atoms with Gasteiger partial charge >= 0.3 is 0 Å². The van der Waals surface area contributed by atoms with E-state index in [2.05, 4.69) is 22.5 Å². The fourth-order valence-electron chi connectivity index (χ4n) is 2.36. The molecule has 0 aliphatic carbocycles. The predicted molar refractivity (Wildman–Crippen MR) is 127 cm³/mol. The molecule has 2 aromatic carbocycles. The van der Waals surface area contributed by atoms with E-state index >= 15 is 0 Å². The number of halogens is 1. The minimum atomic E-state index is -3.72. The number of nitro benzene ring substituents is 1. The Morgan fingerprint density at radius 3 is 2.20 bits per heavy atom. The van der Waals surface area contributed by atoms with Crippen LogP contribution < -0.4 is 15.8 Å². The van der Waals surface area contributed by atoms with Gasteiger partial charge in [-0.15, -0.1) is 24.0 Å². The molecule has 1 unspecified atom stereocenters. The monoisotopic (exact) mass is 547 g/mol. The van der Waals surface area contributed by atoms with E-state index in [0.29, 0.717) is 19.0 Å². The average molecular weight is 547 g/mol. The second-order valence-corrected chi connectivity index (χ2v) is 8.15. The Kier molecular flexibility index (Phi) is 10.2. The highest BCUT2D eigenvalue weighted by atomic mass is 127. The summed E-state index contributed by atoms with van der Waals surface area (Å²) in [6.07, 6.45) is 0.904. The lowest BCUT2D eigenvalue weighted by molar-refractivity contribution is -0.384. The SMILES string of the molecule is CCC(C)NC(=NCc1ccc(S(N)(=O)=O)cc1)NCc1ccc([N+](=O)[O-])cc1.I. The summed E-state index contributed by atoms with van der Waals surface area (Å²) in [5, 5.41) is 22.4. The first-order valence-corrected chi connectivity index (χ1v) is 10.6. The van der Waals surface area contributed by atoms with Gasteiger partial charge in [0.2, 0.25) is 10.0 Å². The lowest BCUT2D eigenvalue weighted by atomic mass is 10.2. The molecule has 4 N–H and O–H groups in total. The molecule has 0 aliphatic rings. The second-order valence-electron chi connectivity index (χ2n) is 6.58. The van der Waals surface area contributed by atoms with Crippen LogP contribution in [0, 0.1) is 10.1 Å². The summed E-state index contributed by atoms with van der Waals surface area (Å²) in [4.78, 5) is 14.9. The Morgan fingerprint density at radius 1 is 1.13 bits per heavy atom. The molecule has 0 spiro atoms. The number of nitro groups is 1. The van der Waals surface area contributed by atoms with Crippen LogP contribution in [0.2, 0.25) is 0 Å². The molecular weight excluding hydrogens is 521 g/mol. The van der Waals surface area contributed by atoms with Gasteiger partial charge in [-0.25, -0.2) is 18.5 Å². The van der Waals surface area contributed by atoms with Crippen molar-refractivity contribution >= 4 is 45.6 Å². The number of primary sulfonamides is 1. The minimum absolute atomic E-state index is 0. The summed E-state index contributed by atoms with van der Waals surface area (Å²) in [5.41, 5.74) is 1.76. The number of nitrogens with zero attached hydrogens (tertiary/aromatic N) is 2. The third kappa shape index (κ3) is 8.24. The number of guanidine groups is 1. The maximum Gasteiger partial charge on any atom is 0.269 e. The molecule has 1 atom stereocenters. The predicted octanol–water partition coefficient (Wildman–Crippen LogP) is 2.89. The molecule has 0 amide bonds.